The summed E-state index contributed by atoms with van der Waals surface area (Å²) < 4.78 is 37.0. The Morgan fingerprint density at radius 2 is 2.23 bits per heavy atom. The number of thiophene rings is 1. The van der Waals surface area contributed by atoms with Crippen molar-refractivity contribution in [1.82, 2.24) is 0 Å². The van der Waals surface area contributed by atoms with Crippen molar-refractivity contribution in [3.8, 4) is 0 Å². The lowest BCUT2D eigenvalue weighted by molar-refractivity contribution is 0.491. The molecule has 0 aliphatic carbocycles. The van der Waals surface area contributed by atoms with Gasteiger partial charge in [-0.25, -0.2) is 0 Å². The largest absolute Gasteiger partial charge is 0.505 e. The van der Waals surface area contributed by atoms with Crippen LogP contribution in [-0.4, -0.2) is 12.7 Å². The maximum absolute atomic E-state index is 12.0. The van der Waals surface area contributed by atoms with Gasteiger partial charge < -0.3 is 12.9 Å². The van der Waals surface area contributed by atoms with E-state index in [1.165, 1.54) is 23.1 Å². The van der Waals surface area contributed by atoms with Gasteiger partial charge in [-0.3, -0.25) is 0 Å². The van der Waals surface area contributed by atoms with E-state index in [-0.39, 0.29) is 5.75 Å². The molecule has 1 rings (SSSR count). The van der Waals surface area contributed by atoms with Crippen LogP contribution in [0.4, 0.5) is 12.9 Å². The number of rotatable bonds is 4. The molecule has 0 nitrogen and oxygen atoms in total. The lowest BCUT2D eigenvalue weighted by Gasteiger charge is -2.16. The van der Waals surface area contributed by atoms with Crippen molar-refractivity contribution < 1.29 is 12.9 Å². The molecule has 0 aromatic carbocycles. The van der Waals surface area contributed by atoms with Crippen LogP contribution < -0.4 is 0 Å². The van der Waals surface area contributed by atoms with E-state index in [0.717, 1.165) is 4.21 Å². The Morgan fingerprint density at radius 1 is 1.54 bits per heavy atom. The molecule has 1 aromatic rings. The molecule has 0 fully saturated rings. The summed E-state index contributed by atoms with van der Waals surface area (Å²) in [6, 6.07) is 3.61. The molecule has 0 saturated carbocycles. The average molecular weight is 223 g/mol. The van der Waals surface area contributed by atoms with E-state index in [2.05, 4.69) is 6.58 Å². The van der Waals surface area contributed by atoms with Crippen LogP contribution in [0.2, 0.25) is 0 Å². The quantitative estimate of drug-likeness (QED) is 0.552. The van der Waals surface area contributed by atoms with Crippen LogP contribution in [0.3, 0.4) is 0 Å². The Kier molecular flexibility index (Phi) is 3.50. The third-order valence-corrected chi connectivity index (χ3v) is 3.60. The molecule has 13 heavy (non-hydrogen) atoms. The van der Waals surface area contributed by atoms with Gasteiger partial charge in [0.05, 0.1) is 4.21 Å². The van der Waals surface area contributed by atoms with E-state index >= 15 is 0 Å². The van der Waals surface area contributed by atoms with E-state index in [1.807, 2.05) is 11.4 Å². The minimum absolute atomic E-state index is 0.0655. The summed E-state index contributed by atoms with van der Waals surface area (Å²) in [6.45, 7) is -1.85. The van der Waals surface area contributed by atoms with Crippen LogP contribution in [-0.2, 0) is 0 Å². The summed E-state index contributed by atoms with van der Waals surface area (Å²) in [4.78, 5) is 0. The third-order valence-electron chi connectivity index (χ3n) is 1.36. The molecule has 72 valence electrons. The predicted molar refractivity (Wildman–Crippen MR) is 53.3 cm³/mol. The summed E-state index contributed by atoms with van der Waals surface area (Å²) >= 11 is 2.61. The summed E-state index contributed by atoms with van der Waals surface area (Å²) in [5.74, 6) is -0.0655. The highest BCUT2D eigenvalue weighted by molar-refractivity contribution is 8.01. The first kappa shape index (κ1) is 10.7. The Morgan fingerprint density at radius 3 is 2.69 bits per heavy atom. The second-order valence-electron chi connectivity index (χ2n) is 2.45. The van der Waals surface area contributed by atoms with Crippen molar-refractivity contribution >= 4 is 30.1 Å². The Bertz CT molecular complexity index is 278. The monoisotopic (exact) mass is 223 g/mol. The molecule has 0 atom stereocenters. The fraction of sp³-hybridized carbons (Fsp3) is 0.143. The van der Waals surface area contributed by atoms with Crippen molar-refractivity contribution in [1.29, 1.82) is 0 Å². The van der Waals surface area contributed by atoms with Crippen LogP contribution in [0.15, 0.2) is 33.8 Å². The maximum atomic E-state index is 12.0. The second kappa shape index (κ2) is 4.24. The first-order valence-corrected chi connectivity index (χ1v) is 5.40. The van der Waals surface area contributed by atoms with E-state index < -0.39 is 12.4 Å². The van der Waals surface area contributed by atoms with Crippen LogP contribution in [0.5, 0.6) is 0 Å². The van der Waals surface area contributed by atoms with E-state index in [9.17, 15) is 12.9 Å². The van der Waals surface area contributed by atoms with Gasteiger partial charge in [-0.1, -0.05) is 6.07 Å². The fourth-order valence-corrected chi connectivity index (χ4v) is 2.36. The van der Waals surface area contributed by atoms with Crippen LogP contribution in [0, 0.1) is 0 Å². The molecule has 0 spiro atoms. The maximum Gasteiger partial charge on any atom is 0.505 e. The normalized spacial score (nSPS) is 11.6. The van der Waals surface area contributed by atoms with Crippen LogP contribution in [0.25, 0.3) is 0 Å². The topological polar surface area (TPSA) is 0 Å². The standard InChI is InChI=1S/C7H7BF3S2/c1-6(8(9,10)11)5-13-7-3-2-4-12-7/h2-4H,1,5H2/q-1. The van der Waals surface area contributed by atoms with Gasteiger partial charge in [0, 0.05) is 0 Å². The van der Waals surface area contributed by atoms with Crippen LogP contribution in [0.1, 0.15) is 0 Å². The summed E-state index contributed by atoms with van der Waals surface area (Å²) in [6.07, 6.45) is 0. The minimum atomic E-state index is -4.86. The van der Waals surface area contributed by atoms with Gasteiger partial charge in [-0.15, -0.1) is 35.2 Å². The molecule has 0 radical (unpaired) electrons. The molecular weight excluding hydrogens is 216 g/mol. The van der Waals surface area contributed by atoms with Crippen molar-refractivity contribution in [2.75, 3.05) is 5.75 Å². The highest BCUT2D eigenvalue weighted by Crippen LogP contribution is 2.28. The molecule has 1 heterocycles. The zero-order valence-electron chi connectivity index (χ0n) is 6.67. The fourth-order valence-electron chi connectivity index (χ4n) is 0.604. The summed E-state index contributed by atoms with van der Waals surface area (Å²) in [7, 11) is 0. The van der Waals surface area contributed by atoms with Crippen molar-refractivity contribution in [3.63, 3.8) is 0 Å². The van der Waals surface area contributed by atoms with E-state index in [1.54, 1.807) is 6.07 Å². The second-order valence-corrected chi connectivity index (χ2v) is 4.68. The van der Waals surface area contributed by atoms with Crippen LogP contribution >= 0.6 is 23.1 Å². The Balaban J connectivity index is 2.40. The Hall–Kier alpha value is -0.355. The zero-order valence-corrected chi connectivity index (χ0v) is 8.31. The van der Waals surface area contributed by atoms with Gasteiger partial charge in [-0.2, -0.15) is 0 Å². The van der Waals surface area contributed by atoms with E-state index in [4.69, 9.17) is 0 Å². The molecule has 0 saturated heterocycles. The smallest absolute Gasteiger partial charge is 0.445 e. The van der Waals surface area contributed by atoms with Gasteiger partial charge in [0.25, 0.3) is 0 Å². The highest BCUT2D eigenvalue weighted by Gasteiger charge is 2.26. The molecule has 0 N–H and O–H groups in total. The van der Waals surface area contributed by atoms with Gasteiger partial charge >= 0.3 is 6.98 Å². The Labute approximate surface area is 82.9 Å². The summed E-state index contributed by atoms with van der Waals surface area (Å²) in [5.41, 5.74) is -0.626. The molecule has 6 heteroatoms. The highest BCUT2D eigenvalue weighted by atomic mass is 32.2. The first-order valence-electron chi connectivity index (χ1n) is 3.54. The molecule has 0 unspecified atom stereocenters. The first-order chi connectivity index (χ1) is 6.00. The predicted octanol–water partition coefficient (Wildman–Crippen LogP) is 3.78. The van der Waals surface area contributed by atoms with Gasteiger partial charge in [0.1, 0.15) is 0 Å². The van der Waals surface area contributed by atoms with E-state index in [0.29, 0.717) is 0 Å². The number of hydrogen-bond acceptors (Lipinski definition) is 2. The van der Waals surface area contributed by atoms with Gasteiger partial charge in [-0.05, 0) is 17.2 Å². The summed E-state index contributed by atoms with van der Waals surface area (Å²) in [5, 5.41) is 1.84. The molecule has 1 aromatic heterocycles. The average Bonchev–Trinajstić information content (AvgIpc) is 2.50. The lowest BCUT2D eigenvalue weighted by Crippen LogP contribution is -2.19. The molecular formula is C7H7BF3S2-. The van der Waals surface area contributed by atoms with Gasteiger partial charge in [0.2, 0.25) is 0 Å². The SMILES string of the molecule is C=C(CSc1cccs1)[B-](F)(F)F. The molecule has 0 aliphatic heterocycles. The van der Waals surface area contributed by atoms with Gasteiger partial charge in [0.15, 0.2) is 0 Å². The van der Waals surface area contributed by atoms with Crippen molar-refractivity contribution in [2.45, 2.75) is 4.21 Å². The molecule has 0 amide bonds. The number of halogens is 3. The van der Waals surface area contributed by atoms with Crippen molar-refractivity contribution in [2.24, 2.45) is 0 Å². The molecule has 0 bridgehead atoms. The number of thioether (sulfide) groups is 1. The molecule has 0 aliphatic rings. The minimum Gasteiger partial charge on any atom is -0.445 e. The lowest BCUT2D eigenvalue weighted by atomic mass is 9.82. The van der Waals surface area contributed by atoms with Crippen molar-refractivity contribution in [3.05, 3.63) is 29.6 Å². The third kappa shape index (κ3) is 3.48. The zero-order chi connectivity index (χ0) is 9.90. The number of hydrogen-bond donors (Lipinski definition) is 0.